The smallest absolute Gasteiger partial charge is 0.254 e. The molecule has 0 N–H and O–H groups in total. The highest BCUT2D eigenvalue weighted by molar-refractivity contribution is 6.00. The van der Waals surface area contributed by atoms with Crippen LogP contribution in [-0.4, -0.2) is 39.3 Å². The van der Waals surface area contributed by atoms with Gasteiger partial charge in [-0.05, 0) is 121 Å². The fourth-order valence-corrected chi connectivity index (χ4v) is 3.85. The molecule has 3 aromatic rings. The van der Waals surface area contributed by atoms with Crippen LogP contribution in [-0.2, 0) is 14.4 Å². The minimum absolute atomic E-state index is 0.0959. The van der Waals surface area contributed by atoms with E-state index in [2.05, 4.69) is 19.1 Å². The third-order valence-electron chi connectivity index (χ3n) is 5.83. The average Bonchev–Trinajstić information content (AvgIpc) is 3.29. The van der Waals surface area contributed by atoms with Gasteiger partial charge in [0.25, 0.3) is 11.8 Å². The standard InChI is InChI=1S/C11H12F4O.C11H16O.C10H14O.C8H13NO3/c1-5-6(12)8(14)9(15)10(7(5)13)16-11(2,3)4;1-9-5-7-10(8-6-9)12-11(2,3)4;1-10(2,3)11-9-7-5-4-6-8-9;1-8(2,3)12-9-6(10)4-5-7(9)11/h1-4H3;5-8H,1-4H3;4-8H,1-3H3;4-5H2,1-3H3. The number of hydroxylamine groups is 2. The van der Waals surface area contributed by atoms with Crippen molar-refractivity contribution in [3.8, 4) is 17.2 Å². The molecule has 0 bridgehead atoms. The predicted octanol–water partition coefficient (Wildman–Crippen LogP) is 10.6. The van der Waals surface area contributed by atoms with Gasteiger partial charge < -0.3 is 14.2 Å². The highest BCUT2D eigenvalue weighted by Gasteiger charge is 2.33. The van der Waals surface area contributed by atoms with E-state index in [0.29, 0.717) is 0 Å². The molecule has 7 nitrogen and oxygen atoms in total. The van der Waals surface area contributed by atoms with Gasteiger partial charge in [0.15, 0.2) is 23.2 Å². The molecule has 11 heteroatoms. The summed E-state index contributed by atoms with van der Waals surface area (Å²) in [5.74, 6) is -5.61. The lowest BCUT2D eigenvalue weighted by Gasteiger charge is -2.24. The van der Waals surface area contributed by atoms with Crippen LogP contribution in [0.2, 0.25) is 0 Å². The Hall–Kier alpha value is -4.12. The number of nitrogens with zero attached hydrogens (tertiary/aromatic N) is 1. The van der Waals surface area contributed by atoms with Crippen molar-refractivity contribution in [2.45, 2.75) is 132 Å². The first-order valence-electron chi connectivity index (χ1n) is 16.7. The van der Waals surface area contributed by atoms with Crippen LogP contribution < -0.4 is 14.2 Å². The van der Waals surface area contributed by atoms with Crippen molar-refractivity contribution in [1.82, 2.24) is 5.06 Å². The van der Waals surface area contributed by atoms with Crippen LogP contribution >= 0.6 is 0 Å². The van der Waals surface area contributed by atoms with E-state index in [1.54, 1.807) is 41.5 Å². The first kappa shape index (κ1) is 44.9. The SMILES string of the molecule is CC(C)(C)ON1C(=O)CCC1=O.CC(C)(C)Oc1ccccc1.Cc1c(F)c(F)c(F)c(OC(C)(C)C)c1F.Cc1ccc(OC(C)(C)C)cc1. The molecule has 0 aromatic heterocycles. The maximum absolute atomic E-state index is 13.5. The van der Waals surface area contributed by atoms with Gasteiger partial charge in [0.2, 0.25) is 5.82 Å². The number of halogens is 4. The summed E-state index contributed by atoms with van der Waals surface area (Å²) in [5, 5.41) is 0.875. The zero-order valence-corrected chi connectivity index (χ0v) is 32.5. The summed E-state index contributed by atoms with van der Waals surface area (Å²) in [4.78, 5) is 27.2. The van der Waals surface area contributed by atoms with Crippen LogP contribution in [0.3, 0.4) is 0 Å². The third kappa shape index (κ3) is 17.6. The number of rotatable bonds is 4. The average molecular weight is 722 g/mol. The summed E-state index contributed by atoms with van der Waals surface area (Å²) in [6, 6.07) is 18.0. The van der Waals surface area contributed by atoms with Crippen LogP contribution in [0.1, 0.15) is 107 Å². The lowest BCUT2D eigenvalue weighted by Crippen LogP contribution is -2.37. The van der Waals surface area contributed by atoms with Crippen LogP contribution in [0.15, 0.2) is 54.6 Å². The van der Waals surface area contributed by atoms with E-state index in [1.807, 2.05) is 84.0 Å². The Labute approximate surface area is 301 Å². The zero-order chi connectivity index (χ0) is 39.5. The summed E-state index contributed by atoms with van der Waals surface area (Å²) in [6.45, 7) is 25.4. The highest BCUT2D eigenvalue weighted by Crippen LogP contribution is 2.32. The van der Waals surface area contributed by atoms with Crippen LogP contribution in [0.25, 0.3) is 0 Å². The lowest BCUT2D eigenvalue weighted by molar-refractivity contribution is -0.218. The van der Waals surface area contributed by atoms with Crippen molar-refractivity contribution in [1.29, 1.82) is 0 Å². The molecule has 0 saturated carbocycles. The number of benzene rings is 3. The number of carbonyl (C=O) groups is 2. The normalized spacial score (nSPS) is 13.3. The van der Waals surface area contributed by atoms with E-state index in [1.165, 1.54) is 5.56 Å². The molecule has 1 heterocycles. The molecule has 0 radical (unpaired) electrons. The van der Waals surface area contributed by atoms with Gasteiger partial charge in [-0.15, -0.1) is 0 Å². The number of para-hydroxylation sites is 1. The molecule has 51 heavy (non-hydrogen) atoms. The van der Waals surface area contributed by atoms with Gasteiger partial charge in [-0.25, -0.2) is 13.2 Å². The summed E-state index contributed by atoms with van der Waals surface area (Å²) in [6.07, 6.45) is 0.545. The second-order valence-corrected chi connectivity index (χ2v) is 15.8. The van der Waals surface area contributed by atoms with Crippen LogP contribution in [0, 0.1) is 37.1 Å². The monoisotopic (exact) mass is 721 g/mol. The number of aryl methyl sites for hydroxylation is 1. The van der Waals surface area contributed by atoms with E-state index in [0.717, 1.165) is 23.5 Å². The minimum atomic E-state index is -1.72. The molecule has 284 valence electrons. The zero-order valence-electron chi connectivity index (χ0n) is 32.5. The van der Waals surface area contributed by atoms with E-state index in [4.69, 9.17) is 19.0 Å². The first-order chi connectivity index (χ1) is 23.1. The van der Waals surface area contributed by atoms with Gasteiger partial charge >= 0.3 is 0 Å². The second kappa shape index (κ2) is 18.4. The largest absolute Gasteiger partial charge is 0.488 e. The molecule has 1 fully saturated rings. The summed E-state index contributed by atoms with van der Waals surface area (Å²) in [7, 11) is 0. The molecule has 0 aliphatic carbocycles. The van der Waals surface area contributed by atoms with E-state index in [-0.39, 0.29) is 35.9 Å². The quantitative estimate of drug-likeness (QED) is 0.116. The Morgan fingerprint density at radius 2 is 0.922 bits per heavy atom. The van der Waals surface area contributed by atoms with Crippen LogP contribution in [0.5, 0.6) is 17.2 Å². The van der Waals surface area contributed by atoms with E-state index >= 15 is 0 Å². The summed E-state index contributed by atoms with van der Waals surface area (Å²) >= 11 is 0. The Morgan fingerprint density at radius 3 is 1.31 bits per heavy atom. The van der Waals surface area contributed by atoms with Gasteiger partial charge in [-0.2, -0.15) is 9.45 Å². The molecular formula is C40H55F4NO6. The first-order valence-corrected chi connectivity index (χ1v) is 16.7. The molecule has 1 aliphatic heterocycles. The highest BCUT2D eigenvalue weighted by atomic mass is 19.2. The van der Waals surface area contributed by atoms with Gasteiger partial charge in [-0.3, -0.25) is 14.4 Å². The number of hydrogen-bond donors (Lipinski definition) is 0. The van der Waals surface area contributed by atoms with Crippen molar-refractivity contribution in [3.05, 3.63) is 89.0 Å². The molecule has 3 aromatic carbocycles. The minimum Gasteiger partial charge on any atom is -0.488 e. The maximum atomic E-state index is 13.5. The molecule has 1 aliphatic rings. The number of amides is 2. The fraction of sp³-hybridized carbons (Fsp3) is 0.500. The molecule has 0 atom stereocenters. The summed E-state index contributed by atoms with van der Waals surface area (Å²) in [5.41, 5.74) is -0.931. The number of ether oxygens (including phenoxy) is 3. The molecule has 0 unspecified atom stereocenters. The summed E-state index contributed by atoms with van der Waals surface area (Å²) < 4.78 is 68.9. The van der Waals surface area contributed by atoms with Crippen molar-refractivity contribution in [2.75, 3.05) is 0 Å². The van der Waals surface area contributed by atoms with Crippen molar-refractivity contribution in [2.24, 2.45) is 0 Å². The van der Waals surface area contributed by atoms with Gasteiger partial charge in [0.05, 0.1) is 5.60 Å². The molecular weight excluding hydrogens is 666 g/mol. The number of carbonyl (C=O) groups excluding carboxylic acids is 2. The molecule has 2 amide bonds. The Balaban J connectivity index is 0.000000344. The van der Waals surface area contributed by atoms with Crippen molar-refractivity contribution in [3.63, 3.8) is 0 Å². The maximum Gasteiger partial charge on any atom is 0.254 e. The molecule has 1 saturated heterocycles. The third-order valence-corrected chi connectivity index (χ3v) is 5.83. The lowest BCUT2D eigenvalue weighted by atomic mass is 10.1. The molecule has 0 spiro atoms. The number of imide groups is 1. The van der Waals surface area contributed by atoms with Crippen molar-refractivity contribution >= 4 is 11.8 Å². The number of hydrogen-bond acceptors (Lipinski definition) is 6. The van der Waals surface area contributed by atoms with Gasteiger partial charge in [0.1, 0.15) is 28.3 Å². The predicted molar refractivity (Wildman–Crippen MR) is 192 cm³/mol. The molecule has 4 rings (SSSR count). The Bertz CT molecular complexity index is 1520. The second-order valence-electron chi connectivity index (χ2n) is 15.8. The Kier molecular flexibility index (Phi) is 16.2. The van der Waals surface area contributed by atoms with E-state index < -0.39 is 45.8 Å². The van der Waals surface area contributed by atoms with E-state index in [9.17, 15) is 27.2 Å². The van der Waals surface area contributed by atoms with Gasteiger partial charge in [0, 0.05) is 18.4 Å². The van der Waals surface area contributed by atoms with Gasteiger partial charge in [-0.1, -0.05) is 35.9 Å². The van der Waals surface area contributed by atoms with Crippen molar-refractivity contribution < 1.29 is 46.2 Å². The van der Waals surface area contributed by atoms with Crippen LogP contribution in [0.4, 0.5) is 17.6 Å². The Morgan fingerprint density at radius 1 is 0.510 bits per heavy atom. The fourth-order valence-electron chi connectivity index (χ4n) is 3.85. The topological polar surface area (TPSA) is 74.3 Å².